The van der Waals surface area contributed by atoms with Crippen molar-refractivity contribution in [1.29, 1.82) is 0 Å². The van der Waals surface area contributed by atoms with Crippen LogP contribution in [-0.2, 0) is 9.59 Å². The molecule has 2 aliphatic carbocycles. The minimum atomic E-state index is 0.106. The lowest BCUT2D eigenvalue weighted by molar-refractivity contribution is -0.125. The van der Waals surface area contributed by atoms with Gasteiger partial charge in [0.15, 0.2) is 0 Å². The highest BCUT2D eigenvalue weighted by atomic mass is 16.1. The van der Waals surface area contributed by atoms with Crippen LogP contribution in [0.1, 0.15) is 32.1 Å². The lowest BCUT2D eigenvalue weighted by atomic mass is 10.0. The molecule has 11 heavy (non-hydrogen) atoms. The number of rotatable bonds is 0. The van der Waals surface area contributed by atoms with Gasteiger partial charge < -0.3 is 0 Å². The molecule has 0 aromatic rings. The van der Waals surface area contributed by atoms with Crippen LogP contribution in [-0.4, -0.2) is 11.6 Å². The van der Waals surface area contributed by atoms with Crippen molar-refractivity contribution in [2.45, 2.75) is 32.1 Å². The molecule has 2 bridgehead atoms. The van der Waals surface area contributed by atoms with Crippen LogP contribution in [0.3, 0.4) is 0 Å². The second kappa shape index (κ2) is 2.43. The van der Waals surface area contributed by atoms with Gasteiger partial charge in [0.05, 0.1) is 0 Å². The predicted molar refractivity (Wildman–Crippen MR) is 40.1 cm³/mol. The fraction of sp³-hybridized carbons (Fsp3) is 0.778. The molecule has 60 valence electrons. The summed E-state index contributed by atoms with van der Waals surface area (Å²) in [6, 6.07) is 0. The zero-order valence-corrected chi connectivity index (χ0v) is 6.51. The van der Waals surface area contributed by atoms with Gasteiger partial charge in [0.2, 0.25) is 0 Å². The van der Waals surface area contributed by atoms with Crippen molar-refractivity contribution in [3.05, 3.63) is 0 Å². The van der Waals surface area contributed by atoms with E-state index in [1.165, 1.54) is 0 Å². The van der Waals surface area contributed by atoms with Crippen LogP contribution in [0.15, 0.2) is 0 Å². The Morgan fingerprint density at radius 3 is 2.55 bits per heavy atom. The van der Waals surface area contributed by atoms with Gasteiger partial charge in [-0.15, -0.1) is 0 Å². The van der Waals surface area contributed by atoms with Crippen LogP contribution in [0.2, 0.25) is 0 Å². The first kappa shape index (κ1) is 7.01. The van der Waals surface area contributed by atoms with Gasteiger partial charge in [-0.2, -0.15) is 0 Å². The Hall–Kier alpha value is -0.660. The van der Waals surface area contributed by atoms with E-state index in [0.29, 0.717) is 24.4 Å². The molecule has 0 aromatic heterocycles. The maximum absolute atomic E-state index is 11.4. The summed E-state index contributed by atoms with van der Waals surface area (Å²) in [6.45, 7) is 0. The first-order chi connectivity index (χ1) is 5.27. The van der Waals surface area contributed by atoms with Gasteiger partial charge in [0.25, 0.3) is 0 Å². The zero-order chi connectivity index (χ0) is 7.84. The molecule has 0 spiro atoms. The van der Waals surface area contributed by atoms with E-state index in [4.69, 9.17) is 0 Å². The van der Waals surface area contributed by atoms with Gasteiger partial charge in [-0.25, -0.2) is 0 Å². The van der Waals surface area contributed by atoms with Crippen LogP contribution in [0.25, 0.3) is 0 Å². The van der Waals surface area contributed by atoms with Gasteiger partial charge in [-0.05, 0) is 19.3 Å². The molecule has 2 unspecified atom stereocenters. The minimum absolute atomic E-state index is 0.106. The maximum Gasteiger partial charge on any atom is 0.139 e. The molecule has 2 heteroatoms. The third-order valence-electron chi connectivity index (χ3n) is 2.91. The van der Waals surface area contributed by atoms with Gasteiger partial charge in [-0.1, -0.05) is 0 Å². The average Bonchev–Trinajstić information content (AvgIpc) is 2.20. The van der Waals surface area contributed by atoms with E-state index in [1.54, 1.807) is 0 Å². The summed E-state index contributed by atoms with van der Waals surface area (Å²) in [5.41, 5.74) is 0. The Balaban J connectivity index is 2.19. The van der Waals surface area contributed by atoms with Crippen molar-refractivity contribution in [1.82, 2.24) is 0 Å². The van der Waals surface area contributed by atoms with E-state index in [0.717, 1.165) is 19.3 Å². The van der Waals surface area contributed by atoms with Crippen molar-refractivity contribution in [2.75, 3.05) is 0 Å². The monoisotopic (exact) mass is 152 g/mol. The molecule has 0 aliphatic heterocycles. The highest BCUT2D eigenvalue weighted by molar-refractivity contribution is 5.92. The van der Waals surface area contributed by atoms with Crippen LogP contribution in [0.4, 0.5) is 0 Å². The summed E-state index contributed by atoms with van der Waals surface area (Å²) >= 11 is 0. The average molecular weight is 152 g/mol. The lowest BCUT2D eigenvalue weighted by Crippen LogP contribution is -2.11. The van der Waals surface area contributed by atoms with E-state index in [2.05, 4.69) is 0 Å². The van der Waals surface area contributed by atoms with Crippen LogP contribution in [0, 0.1) is 11.8 Å². The van der Waals surface area contributed by atoms with Crippen LogP contribution >= 0.6 is 0 Å². The summed E-state index contributed by atoms with van der Waals surface area (Å²) < 4.78 is 0. The van der Waals surface area contributed by atoms with E-state index in [1.807, 2.05) is 0 Å². The zero-order valence-electron chi connectivity index (χ0n) is 6.51. The number of fused-ring (bicyclic) bond motifs is 2. The molecule has 0 N–H and O–H groups in total. The van der Waals surface area contributed by atoms with Gasteiger partial charge in [0.1, 0.15) is 11.6 Å². The number of hydrogen-bond donors (Lipinski definition) is 0. The summed E-state index contributed by atoms with van der Waals surface area (Å²) in [6.07, 6.45) is 4.02. The minimum Gasteiger partial charge on any atom is -0.300 e. The van der Waals surface area contributed by atoms with E-state index >= 15 is 0 Å². The van der Waals surface area contributed by atoms with Crippen LogP contribution < -0.4 is 0 Å². The molecular weight excluding hydrogens is 140 g/mol. The third kappa shape index (κ3) is 1.10. The Morgan fingerprint density at radius 2 is 1.73 bits per heavy atom. The van der Waals surface area contributed by atoms with E-state index in [-0.39, 0.29) is 11.8 Å². The van der Waals surface area contributed by atoms with Crippen molar-refractivity contribution < 1.29 is 9.59 Å². The van der Waals surface area contributed by atoms with Crippen molar-refractivity contribution in [3.63, 3.8) is 0 Å². The predicted octanol–water partition coefficient (Wildman–Crippen LogP) is 1.33. The second-order valence-electron chi connectivity index (χ2n) is 3.66. The molecule has 2 fully saturated rings. The quantitative estimate of drug-likeness (QED) is 0.524. The smallest absolute Gasteiger partial charge is 0.139 e. The Kier molecular flexibility index (Phi) is 1.55. The number of carbonyl (C=O) groups is 2. The molecule has 0 radical (unpaired) electrons. The summed E-state index contributed by atoms with van der Waals surface area (Å²) in [5, 5.41) is 0. The molecular formula is C9H12O2. The molecule has 0 heterocycles. The fourth-order valence-electron chi connectivity index (χ4n) is 2.22. The molecule has 2 saturated carbocycles. The number of carbonyl (C=O) groups excluding carboxylic acids is 2. The Morgan fingerprint density at radius 1 is 1.00 bits per heavy atom. The Bertz CT molecular complexity index is 208. The molecule has 2 aliphatic rings. The largest absolute Gasteiger partial charge is 0.300 e. The molecule has 2 atom stereocenters. The number of ketones is 2. The van der Waals surface area contributed by atoms with Crippen molar-refractivity contribution >= 4 is 11.6 Å². The maximum atomic E-state index is 11.4. The first-order valence-corrected chi connectivity index (χ1v) is 4.33. The third-order valence-corrected chi connectivity index (χ3v) is 2.91. The summed E-state index contributed by atoms with van der Waals surface area (Å²) in [4.78, 5) is 22.5. The van der Waals surface area contributed by atoms with Gasteiger partial charge >= 0.3 is 0 Å². The van der Waals surface area contributed by atoms with Gasteiger partial charge in [0, 0.05) is 24.7 Å². The summed E-state index contributed by atoms with van der Waals surface area (Å²) in [5.74, 6) is 1.02. The second-order valence-corrected chi connectivity index (χ2v) is 3.66. The molecule has 2 rings (SSSR count). The standard InChI is InChI=1S/C9H12O2/c10-8-4-3-6-1-2-7(5-8)9(6)11/h6-7H,1-5H2. The lowest BCUT2D eigenvalue weighted by Gasteiger charge is -2.03. The fourth-order valence-corrected chi connectivity index (χ4v) is 2.22. The number of Topliss-reactive ketones (excluding diaryl/α,β-unsaturated/α-hetero) is 2. The van der Waals surface area contributed by atoms with Crippen LogP contribution in [0.5, 0.6) is 0 Å². The van der Waals surface area contributed by atoms with Gasteiger partial charge in [-0.3, -0.25) is 9.59 Å². The highest BCUT2D eigenvalue weighted by Crippen LogP contribution is 2.35. The molecule has 0 saturated heterocycles. The Labute approximate surface area is 66.0 Å². The SMILES string of the molecule is O=C1CCC2CCC(C1)C2=O. The van der Waals surface area contributed by atoms with E-state index < -0.39 is 0 Å². The first-order valence-electron chi connectivity index (χ1n) is 4.33. The molecule has 0 aromatic carbocycles. The summed E-state index contributed by atoms with van der Waals surface area (Å²) in [7, 11) is 0. The normalized spacial score (nSPS) is 37.5. The van der Waals surface area contributed by atoms with Crippen molar-refractivity contribution in [3.8, 4) is 0 Å². The highest BCUT2D eigenvalue weighted by Gasteiger charge is 2.37. The van der Waals surface area contributed by atoms with Crippen molar-refractivity contribution in [2.24, 2.45) is 11.8 Å². The van der Waals surface area contributed by atoms with E-state index in [9.17, 15) is 9.59 Å². The number of hydrogen-bond acceptors (Lipinski definition) is 2. The topological polar surface area (TPSA) is 34.1 Å². The molecule has 2 nitrogen and oxygen atoms in total. The molecule has 0 amide bonds.